The number of alkyl halides is 5. The van der Waals surface area contributed by atoms with E-state index < -0.39 is 35.8 Å². The minimum atomic E-state index is -4.74. The number of carbonyl (C=O) groups excluding carboxylic acids is 2. The first kappa shape index (κ1) is 25.2. The second-order valence-electron chi connectivity index (χ2n) is 8.15. The van der Waals surface area contributed by atoms with Crippen molar-refractivity contribution < 1.29 is 31.5 Å². The van der Waals surface area contributed by atoms with Gasteiger partial charge in [0.25, 0.3) is 18.2 Å². The first-order valence-electron chi connectivity index (χ1n) is 10.8. The summed E-state index contributed by atoms with van der Waals surface area (Å²) < 4.78 is 68.3. The van der Waals surface area contributed by atoms with E-state index in [2.05, 4.69) is 20.4 Å². The van der Waals surface area contributed by atoms with Crippen LogP contribution in [0.1, 0.15) is 43.4 Å². The predicted octanol–water partition coefficient (Wildman–Crippen LogP) is 5.62. The summed E-state index contributed by atoms with van der Waals surface area (Å²) in [7, 11) is 0. The smallest absolute Gasteiger partial charge is 0.365 e. The molecule has 0 radical (unpaired) electrons. The molecule has 4 aromatic heterocycles. The normalized spacial score (nSPS) is 12.0. The lowest BCUT2D eigenvalue weighted by molar-refractivity contribution is -0.141. The summed E-state index contributed by atoms with van der Waals surface area (Å²) in [5.41, 5.74) is 3.99. The number of nitrogens with zero attached hydrogens (tertiary/aromatic N) is 4. The summed E-state index contributed by atoms with van der Waals surface area (Å²) >= 11 is 0.589. The van der Waals surface area contributed by atoms with Gasteiger partial charge in [0.2, 0.25) is 0 Å². The number of rotatable bonds is 5. The second-order valence-corrected chi connectivity index (χ2v) is 9.15. The summed E-state index contributed by atoms with van der Waals surface area (Å²) in [4.78, 5) is 33.0. The highest BCUT2D eigenvalue weighted by molar-refractivity contribution is 7.21. The molecule has 194 valence electrons. The Morgan fingerprint density at radius 3 is 2.45 bits per heavy atom. The SMILES string of the molecule is Cc1cc(C(F)(F)F)nc2sc(C(N)=O)c(NC(=O)c3cnn4c(C(F)F)cc(-c5ccccc5)nc34)c12. The van der Waals surface area contributed by atoms with Crippen molar-refractivity contribution in [1.29, 1.82) is 0 Å². The summed E-state index contributed by atoms with van der Waals surface area (Å²) in [5, 5.41) is 6.46. The minimum absolute atomic E-state index is 0.0886. The van der Waals surface area contributed by atoms with Gasteiger partial charge in [0.05, 0.1) is 17.6 Å². The maximum Gasteiger partial charge on any atom is 0.433 e. The highest BCUT2D eigenvalue weighted by atomic mass is 32.1. The number of nitrogens with one attached hydrogen (secondary N) is 1. The van der Waals surface area contributed by atoms with Gasteiger partial charge in [0.15, 0.2) is 5.65 Å². The number of hydrogen-bond acceptors (Lipinski definition) is 6. The Bertz CT molecular complexity index is 1730. The van der Waals surface area contributed by atoms with Crippen molar-refractivity contribution in [2.24, 2.45) is 5.73 Å². The van der Waals surface area contributed by atoms with Gasteiger partial charge in [0, 0.05) is 10.9 Å². The van der Waals surface area contributed by atoms with Crippen LogP contribution in [0.15, 0.2) is 48.7 Å². The number of benzene rings is 1. The largest absolute Gasteiger partial charge is 0.433 e. The quantitative estimate of drug-likeness (QED) is 0.278. The van der Waals surface area contributed by atoms with Crippen LogP contribution in [0.5, 0.6) is 0 Å². The standard InChI is InChI=1S/C24H15F5N6O2S/c1-10-7-15(24(27,28)29)33-23-16(10)17(18(38-23)20(30)36)34-22(37)12-9-31-35-14(19(25)26)8-13(32-21(12)35)11-5-3-2-4-6-11/h2-9,19H,1H3,(H2,30,36)(H,34,37). The maximum absolute atomic E-state index is 13.9. The fourth-order valence-corrected chi connectivity index (χ4v) is 5.02. The van der Waals surface area contributed by atoms with E-state index in [9.17, 15) is 31.5 Å². The Kier molecular flexibility index (Phi) is 6.06. The molecule has 0 aliphatic heterocycles. The number of pyridine rings is 1. The van der Waals surface area contributed by atoms with Crippen LogP contribution < -0.4 is 11.1 Å². The van der Waals surface area contributed by atoms with Gasteiger partial charge in [0.1, 0.15) is 26.7 Å². The molecule has 0 saturated carbocycles. The van der Waals surface area contributed by atoms with E-state index in [-0.39, 0.29) is 43.2 Å². The monoisotopic (exact) mass is 546 g/mol. The highest BCUT2D eigenvalue weighted by Crippen LogP contribution is 2.40. The summed E-state index contributed by atoms with van der Waals surface area (Å²) in [6, 6.07) is 10.4. The third-order valence-corrected chi connectivity index (χ3v) is 6.75. The third-order valence-electron chi connectivity index (χ3n) is 5.65. The molecule has 0 bridgehead atoms. The van der Waals surface area contributed by atoms with E-state index in [4.69, 9.17) is 5.73 Å². The molecule has 0 saturated heterocycles. The number of primary amides is 1. The number of aromatic nitrogens is 4. The molecule has 0 unspecified atom stereocenters. The third kappa shape index (κ3) is 4.32. The van der Waals surface area contributed by atoms with Crippen LogP contribution in [0.2, 0.25) is 0 Å². The van der Waals surface area contributed by atoms with Crippen molar-refractivity contribution in [1.82, 2.24) is 19.6 Å². The predicted molar refractivity (Wildman–Crippen MR) is 129 cm³/mol. The second kappa shape index (κ2) is 9.13. The van der Waals surface area contributed by atoms with Gasteiger partial charge in [-0.25, -0.2) is 23.3 Å². The van der Waals surface area contributed by atoms with E-state index >= 15 is 0 Å². The zero-order valence-electron chi connectivity index (χ0n) is 19.2. The molecule has 14 heteroatoms. The molecule has 3 N–H and O–H groups in total. The molecular weight excluding hydrogens is 531 g/mol. The molecule has 38 heavy (non-hydrogen) atoms. The molecule has 5 aromatic rings. The molecule has 8 nitrogen and oxygen atoms in total. The topological polar surface area (TPSA) is 115 Å². The van der Waals surface area contributed by atoms with Gasteiger partial charge in [-0.05, 0) is 24.6 Å². The van der Waals surface area contributed by atoms with Crippen LogP contribution in [0.25, 0.3) is 27.1 Å². The zero-order valence-corrected chi connectivity index (χ0v) is 20.0. The van der Waals surface area contributed by atoms with Crippen LogP contribution >= 0.6 is 11.3 Å². The average molecular weight is 546 g/mol. The minimum Gasteiger partial charge on any atom is -0.365 e. The summed E-state index contributed by atoms with van der Waals surface area (Å²) in [6.45, 7) is 1.37. The van der Waals surface area contributed by atoms with Crippen LogP contribution in [0, 0.1) is 6.92 Å². The van der Waals surface area contributed by atoms with Crippen molar-refractivity contribution in [3.05, 3.63) is 76.1 Å². The molecule has 0 atom stereocenters. The Morgan fingerprint density at radius 1 is 1.11 bits per heavy atom. The van der Waals surface area contributed by atoms with E-state index in [0.717, 1.165) is 22.8 Å². The maximum atomic E-state index is 13.9. The molecule has 0 aliphatic carbocycles. The highest BCUT2D eigenvalue weighted by Gasteiger charge is 2.34. The first-order chi connectivity index (χ1) is 18.0. The van der Waals surface area contributed by atoms with Gasteiger partial charge < -0.3 is 11.1 Å². The number of fused-ring (bicyclic) bond motifs is 2. The molecule has 0 fully saturated rings. The fraction of sp³-hybridized carbons (Fsp3) is 0.125. The van der Waals surface area contributed by atoms with Crippen molar-refractivity contribution >= 4 is 44.7 Å². The number of halogens is 5. The van der Waals surface area contributed by atoms with Crippen molar-refractivity contribution in [2.75, 3.05) is 5.32 Å². The van der Waals surface area contributed by atoms with Crippen LogP contribution in [-0.4, -0.2) is 31.4 Å². The summed E-state index contributed by atoms with van der Waals surface area (Å²) in [5.74, 6) is -1.89. The lowest BCUT2D eigenvalue weighted by Gasteiger charge is -2.10. The van der Waals surface area contributed by atoms with Gasteiger partial charge in [-0.1, -0.05) is 30.3 Å². The van der Waals surface area contributed by atoms with Crippen LogP contribution in [-0.2, 0) is 6.18 Å². The number of hydrogen-bond donors (Lipinski definition) is 2. The molecule has 1 aromatic carbocycles. The van der Waals surface area contributed by atoms with E-state index in [1.807, 2.05) is 0 Å². The Morgan fingerprint density at radius 2 is 1.82 bits per heavy atom. The van der Waals surface area contributed by atoms with E-state index in [1.165, 1.54) is 6.92 Å². The Hall–Kier alpha value is -4.46. The number of nitrogens with two attached hydrogens (primary N) is 1. The van der Waals surface area contributed by atoms with Crippen LogP contribution in [0.4, 0.5) is 27.6 Å². The number of anilines is 1. The average Bonchev–Trinajstić information content (AvgIpc) is 3.45. The van der Waals surface area contributed by atoms with E-state index in [0.29, 0.717) is 16.9 Å². The van der Waals surface area contributed by atoms with Gasteiger partial charge in [-0.15, -0.1) is 11.3 Å². The van der Waals surface area contributed by atoms with Crippen molar-refractivity contribution in [3.8, 4) is 11.3 Å². The molecule has 0 aliphatic rings. The zero-order chi connectivity index (χ0) is 27.4. The van der Waals surface area contributed by atoms with Gasteiger partial charge in [-0.2, -0.15) is 18.3 Å². The number of amides is 2. The first-order valence-corrected chi connectivity index (χ1v) is 11.6. The molecular formula is C24H15F5N6O2S. The molecule has 0 spiro atoms. The number of thiophene rings is 1. The van der Waals surface area contributed by atoms with Crippen molar-refractivity contribution in [3.63, 3.8) is 0 Å². The molecule has 4 heterocycles. The van der Waals surface area contributed by atoms with Gasteiger partial charge >= 0.3 is 6.18 Å². The van der Waals surface area contributed by atoms with Crippen molar-refractivity contribution in [2.45, 2.75) is 19.5 Å². The lowest BCUT2D eigenvalue weighted by atomic mass is 10.1. The lowest BCUT2D eigenvalue weighted by Crippen LogP contribution is -2.17. The number of aryl methyl sites for hydroxylation is 1. The Labute approximate surface area is 213 Å². The Balaban J connectivity index is 1.64. The van der Waals surface area contributed by atoms with E-state index in [1.54, 1.807) is 30.3 Å². The molecule has 5 rings (SSSR count). The van der Waals surface area contributed by atoms with Crippen LogP contribution in [0.3, 0.4) is 0 Å². The molecule has 2 amide bonds. The summed E-state index contributed by atoms with van der Waals surface area (Å²) in [6.07, 6.45) is -6.65. The fourth-order valence-electron chi connectivity index (χ4n) is 3.96. The number of carbonyl (C=O) groups is 2. The van der Waals surface area contributed by atoms with Gasteiger partial charge in [-0.3, -0.25) is 9.59 Å².